The van der Waals surface area contributed by atoms with E-state index >= 15 is 0 Å². The molecule has 1 fully saturated rings. The zero-order valence-electron chi connectivity index (χ0n) is 12.9. The number of hydrogen-bond donors (Lipinski definition) is 2. The van der Waals surface area contributed by atoms with Crippen molar-refractivity contribution in [1.82, 2.24) is 10.0 Å². The summed E-state index contributed by atoms with van der Waals surface area (Å²) in [6, 6.07) is 6.88. The van der Waals surface area contributed by atoms with Crippen molar-refractivity contribution in [2.45, 2.75) is 62.6 Å². The fraction of sp³-hybridized carbons (Fsp3) is 0.600. The Labute approximate surface area is 141 Å². The maximum atomic E-state index is 12.5. The molecule has 2 rings (SSSR count). The zero-order chi connectivity index (χ0) is 15.9. The Kier molecular flexibility index (Phi) is 4.74. The van der Waals surface area contributed by atoms with Crippen molar-refractivity contribution < 1.29 is 8.42 Å². The van der Waals surface area contributed by atoms with Gasteiger partial charge in [0.15, 0.2) is 0 Å². The van der Waals surface area contributed by atoms with Crippen LogP contribution in [0.3, 0.4) is 0 Å². The van der Waals surface area contributed by atoms with Gasteiger partial charge in [-0.3, -0.25) is 0 Å². The van der Waals surface area contributed by atoms with E-state index < -0.39 is 10.0 Å². The quantitative estimate of drug-likeness (QED) is 0.737. The van der Waals surface area contributed by atoms with Gasteiger partial charge < -0.3 is 5.32 Å². The van der Waals surface area contributed by atoms with Crippen LogP contribution >= 0.6 is 22.6 Å². The van der Waals surface area contributed by atoms with Gasteiger partial charge in [0.05, 0.1) is 4.90 Å². The smallest absolute Gasteiger partial charge is 0.240 e. The van der Waals surface area contributed by atoms with E-state index in [0.717, 1.165) is 16.4 Å². The second kappa shape index (κ2) is 5.79. The summed E-state index contributed by atoms with van der Waals surface area (Å²) >= 11 is 2.17. The Morgan fingerprint density at radius 1 is 1.10 bits per heavy atom. The monoisotopic (exact) mass is 422 g/mol. The maximum Gasteiger partial charge on any atom is 0.240 e. The van der Waals surface area contributed by atoms with E-state index in [0.29, 0.717) is 4.90 Å². The first-order chi connectivity index (χ1) is 9.49. The predicted octanol–water partition coefficient (Wildman–Crippen LogP) is 2.88. The fourth-order valence-corrected chi connectivity index (χ4v) is 4.90. The molecular weight excluding hydrogens is 399 g/mol. The van der Waals surface area contributed by atoms with Gasteiger partial charge in [-0.05, 0) is 87.4 Å². The SMILES string of the molecule is CC1(C)CC(NS(=O)(=O)c2ccc(I)cc2)CC(C)(C)N1. The van der Waals surface area contributed by atoms with E-state index in [4.69, 9.17) is 0 Å². The highest BCUT2D eigenvalue weighted by Crippen LogP contribution is 2.29. The molecule has 1 aliphatic heterocycles. The van der Waals surface area contributed by atoms with E-state index in [1.165, 1.54) is 0 Å². The van der Waals surface area contributed by atoms with Gasteiger partial charge in [-0.25, -0.2) is 13.1 Å². The number of rotatable bonds is 3. The topological polar surface area (TPSA) is 58.2 Å². The highest BCUT2D eigenvalue weighted by molar-refractivity contribution is 14.1. The highest BCUT2D eigenvalue weighted by Gasteiger charge is 2.39. The molecule has 4 nitrogen and oxygen atoms in total. The van der Waals surface area contributed by atoms with Crippen LogP contribution in [0.15, 0.2) is 29.2 Å². The Morgan fingerprint density at radius 2 is 1.57 bits per heavy atom. The van der Waals surface area contributed by atoms with Gasteiger partial charge in [-0.1, -0.05) is 0 Å². The van der Waals surface area contributed by atoms with Crippen molar-refractivity contribution in [3.63, 3.8) is 0 Å². The molecule has 0 bridgehead atoms. The normalized spacial score (nSPS) is 22.1. The van der Waals surface area contributed by atoms with Gasteiger partial charge in [-0.2, -0.15) is 0 Å². The summed E-state index contributed by atoms with van der Waals surface area (Å²) in [6.07, 6.45) is 1.56. The molecule has 0 amide bonds. The lowest BCUT2D eigenvalue weighted by atomic mass is 9.80. The van der Waals surface area contributed by atoms with Gasteiger partial charge >= 0.3 is 0 Å². The Bertz CT molecular complexity index is 593. The minimum absolute atomic E-state index is 0.0551. The lowest BCUT2D eigenvalue weighted by molar-refractivity contribution is 0.157. The van der Waals surface area contributed by atoms with Crippen molar-refractivity contribution in [3.05, 3.63) is 27.8 Å². The fourth-order valence-electron chi connectivity index (χ4n) is 3.31. The van der Waals surface area contributed by atoms with E-state index in [-0.39, 0.29) is 17.1 Å². The molecule has 0 unspecified atom stereocenters. The second-order valence-electron chi connectivity index (χ2n) is 7.07. The second-order valence-corrected chi connectivity index (χ2v) is 10.0. The maximum absolute atomic E-state index is 12.5. The Balaban J connectivity index is 2.18. The van der Waals surface area contributed by atoms with Crippen LogP contribution in [0.25, 0.3) is 0 Å². The van der Waals surface area contributed by atoms with E-state index in [2.05, 4.69) is 60.3 Å². The summed E-state index contributed by atoms with van der Waals surface area (Å²) in [5.41, 5.74) is -0.165. The predicted molar refractivity (Wildman–Crippen MR) is 93.8 cm³/mol. The average Bonchev–Trinajstić information content (AvgIpc) is 2.23. The molecule has 0 spiro atoms. The third-order valence-corrected chi connectivity index (χ3v) is 5.89. The number of halogens is 1. The van der Waals surface area contributed by atoms with Crippen molar-refractivity contribution in [2.75, 3.05) is 0 Å². The number of sulfonamides is 1. The highest BCUT2D eigenvalue weighted by atomic mass is 127. The molecule has 1 aromatic carbocycles. The molecule has 1 aliphatic rings. The number of benzene rings is 1. The summed E-state index contributed by atoms with van der Waals surface area (Å²) in [4.78, 5) is 0.331. The minimum Gasteiger partial charge on any atom is -0.307 e. The first-order valence-electron chi connectivity index (χ1n) is 7.06. The summed E-state index contributed by atoms with van der Waals surface area (Å²) in [5, 5.41) is 3.56. The molecule has 0 aliphatic carbocycles. The molecule has 1 aromatic rings. The number of nitrogens with one attached hydrogen (secondary N) is 2. The van der Waals surface area contributed by atoms with Crippen LogP contribution in [0.4, 0.5) is 0 Å². The third kappa shape index (κ3) is 4.64. The molecule has 0 aromatic heterocycles. The summed E-state index contributed by atoms with van der Waals surface area (Å²) in [5.74, 6) is 0. The first kappa shape index (κ1) is 17.2. The standard InChI is InChI=1S/C15H23IN2O2S/c1-14(2)9-12(10-15(3,4)18-14)17-21(19,20)13-7-5-11(16)6-8-13/h5-8,12,17-18H,9-10H2,1-4H3. The summed E-state index contributed by atoms with van der Waals surface area (Å²) in [6.45, 7) is 8.44. The molecular formula is C15H23IN2O2S. The van der Waals surface area contributed by atoms with Gasteiger partial charge in [-0.15, -0.1) is 0 Å². The number of hydrogen-bond acceptors (Lipinski definition) is 3. The lowest BCUT2D eigenvalue weighted by Crippen LogP contribution is -2.62. The van der Waals surface area contributed by atoms with Crippen LogP contribution in [-0.2, 0) is 10.0 Å². The molecule has 1 heterocycles. The minimum atomic E-state index is -3.46. The van der Waals surface area contributed by atoms with Gasteiger partial charge in [0.25, 0.3) is 0 Å². The van der Waals surface area contributed by atoms with Crippen molar-refractivity contribution in [2.24, 2.45) is 0 Å². The molecule has 0 radical (unpaired) electrons. The van der Waals surface area contributed by atoms with E-state index in [9.17, 15) is 8.42 Å². The molecule has 2 N–H and O–H groups in total. The lowest BCUT2D eigenvalue weighted by Gasteiger charge is -2.46. The van der Waals surface area contributed by atoms with Crippen LogP contribution in [0.1, 0.15) is 40.5 Å². The van der Waals surface area contributed by atoms with E-state index in [1.54, 1.807) is 12.1 Å². The van der Waals surface area contributed by atoms with Gasteiger partial charge in [0.2, 0.25) is 10.0 Å². The largest absolute Gasteiger partial charge is 0.307 e. The van der Waals surface area contributed by atoms with Crippen LogP contribution in [0, 0.1) is 3.57 Å². The van der Waals surface area contributed by atoms with Crippen molar-refractivity contribution in [1.29, 1.82) is 0 Å². The third-order valence-electron chi connectivity index (χ3n) is 3.64. The van der Waals surface area contributed by atoms with Crippen LogP contribution in [0.2, 0.25) is 0 Å². The van der Waals surface area contributed by atoms with Gasteiger partial charge in [0.1, 0.15) is 0 Å². The van der Waals surface area contributed by atoms with E-state index in [1.807, 2.05) is 12.1 Å². The summed E-state index contributed by atoms with van der Waals surface area (Å²) < 4.78 is 28.9. The van der Waals surface area contributed by atoms with Crippen LogP contribution < -0.4 is 10.0 Å². The summed E-state index contributed by atoms with van der Waals surface area (Å²) in [7, 11) is -3.46. The molecule has 0 saturated carbocycles. The number of piperidine rings is 1. The molecule has 21 heavy (non-hydrogen) atoms. The molecule has 118 valence electrons. The van der Waals surface area contributed by atoms with Gasteiger partial charge in [0, 0.05) is 20.7 Å². The molecule has 1 saturated heterocycles. The van der Waals surface area contributed by atoms with Crippen LogP contribution in [0.5, 0.6) is 0 Å². The zero-order valence-corrected chi connectivity index (χ0v) is 15.9. The Hall–Kier alpha value is -0.180. The average molecular weight is 422 g/mol. The van der Waals surface area contributed by atoms with Crippen molar-refractivity contribution in [3.8, 4) is 0 Å². The molecule has 0 atom stereocenters. The Morgan fingerprint density at radius 3 is 2.05 bits per heavy atom. The van der Waals surface area contributed by atoms with Crippen molar-refractivity contribution >= 4 is 32.6 Å². The van der Waals surface area contributed by atoms with Crippen LogP contribution in [-0.4, -0.2) is 25.5 Å². The molecule has 6 heteroatoms. The first-order valence-corrected chi connectivity index (χ1v) is 9.63.